The molecule has 4 nitrogen and oxygen atoms in total. The van der Waals surface area contributed by atoms with Crippen molar-refractivity contribution in [1.82, 2.24) is 10.3 Å². The van der Waals surface area contributed by atoms with Crippen LogP contribution in [0.2, 0.25) is 0 Å². The van der Waals surface area contributed by atoms with Gasteiger partial charge in [-0.05, 0) is 25.8 Å². The fraction of sp³-hybridized carbons (Fsp3) is 1.00. The zero-order chi connectivity index (χ0) is 12.1. The minimum Gasteiger partial charge on any atom is -0.374 e. The van der Waals surface area contributed by atoms with Crippen LogP contribution < -0.4 is 11.3 Å². The molecule has 4 heteroatoms. The van der Waals surface area contributed by atoms with E-state index in [1.54, 1.807) is 0 Å². The number of nitrogens with two attached hydrogens (primary N) is 1. The van der Waals surface area contributed by atoms with Crippen molar-refractivity contribution in [2.45, 2.75) is 50.7 Å². The Balaban J connectivity index is 1.93. The quantitative estimate of drug-likeness (QED) is 0.442. The fourth-order valence-corrected chi connectivity index (χ4v) is 3.25. The van der Waals surface area contributed by atoms with Gasteiger partial charge in [0.25, 0.3) is 0 Å². The molecule has 3 N–H and O–H groups in total. The zero-order valence-electron chi connectivity index (χ0n) is 11.0. The van der Waals surface area contributed by atoms with Crippen molar-refractivity contribution in [3.63, 3.8) is 0 Å². The van der Waals surface area contributed by atoms with E-state index in [0.717, 1.165) is 19.7 Å². The third-order valence-corrected chi connectivity index (χ3v) is 4.30. The topological polar surface area (TPSA) is 50.5 Å². The summed E-state index contributed by atoms with van der Waals surface area (Å²) in [6.07, 6.45) is 8.36. The second-order valence-corrected chi connectivity index (χ2v) is 5.62. The van der Waals surface area contributed by atoms with E-state index in [4.69, 9.17) is 10.6 Å². The van der Waals surface area contributed by atoms with E-state index >= 15 is 0 Å². The van der Waals surface area contributed by atoms with E-state index in [2.05, 4.69) is 17.4 Å². The van der Waals surface area contributed by atoms with E-state index in [1.807, 2.05) is 0 Å². The third-order valence-electron chi connectivity index (χ3n) is 4.30. The maximum Gasteiger partial charge on any atom is 0.0871 e. The van der Waals surface area contributed by atoms with E-state index in [9.17, 15) is 0 Å². The third kappa shape index (κ3) is 3.65. The fourth-order valence-electron chi connectivity index (χ4n) is 3.25. The number of hydrazine groups is 1. The smallest absolute Gasteiger partial charge is 0.0871 e. The van der Waals surface area contributed by atoms with Crippen molar-refractivity contribution in [1.29, 1.82) is 0 Å². The molecule has 0 aromatic carbocycles. The monoisotopic (exact) mass is 241 g/mol. The molecule has 0 aromatic heterocycles. The molecule has 2 unspecified atom stereocenters. The molecule has 0 bridgehead atoms. The lowest BCUT2D eigenvalue weighted by Crippen LogP contribution is -2.56. The van der Waals surface area contributed by atoms with Crippen LogP contribution in [-0.4, -0.2) is 43.8 Å². The molecule has 100 valence electrons. The molecule has 0 aromatic rings. The SMILES string of the molecule is CN1CCOC(C(NN)C2CCCCCC2)C1. The summed E-state index contributed by atoms with van der Waals surface area (Å²) >= 11 is 0. The number of nitrogens with zero attached hydrogens (tertiary/aromatic N) is 1. The minimum absolute atomic E-state index is 0.266. The van der Waals surface area contributed by atoms with Gasteiger partial charge in [0.05, 0.1) is 18.8 Å². The molecule has 1 saturated heterocycles. The van der Waals surface area contributed by atoms with Crippen molar-refractivity contribution in [2.24, 2.45) is 11.8 Å². The largest absolute Gasteiger partial charge is 0.374 e. The average molecular weight is 241 g/mol. The lowest BCUT2D eigenvalue weighted by Gasteiger charge is -2.38. The summed E-state index contributed by atoms with van der Waals surface area (Å²) in [5.41, 5.74) is 3.04. The molecule has 0 spiro atoms. The number of likely N-dealkylation sites (N-methyl/N-ethyl adjacent to an activating group) is 1. The van der Waals surface area contributed by atoms with Crippen LogP contribution in [0.1, 0.15) is 38.5 Å². The van der Waals surface area contributed by atoms with Gasteiger partial charge in [-0.25, -0.2) is 0 Å². The Bertz CT molecular complexity index is 215. The van der Waals surface area contributed by atoms with Crippen molar-refractivity contribution in [2.75, 3.05) is 26.7 Å². The van der Waals surface area contributed by atoms with Crippen LogP contribution >= 0.6 is 0 Å². The molecule has 0 radical (unpaired) electrons. The summed E-state index contributed by atoms with van der Waals surface area (Å²) < 4.78 is 5.91. The number of rotatable bonds is 3. The van der Waals surface area contributed by atoms with Crippen LogP contribution in [0.5, 0.6) is 0 Å². The highest BCUT2D eigenvalue weighted by Gasteiger charge is 2.32. The standard InChI is InChI=1S/C13H27N3O/c1-16-8-9-17-12(10-16)13(15-14)11-6-4-2-3-5-7-11/h11-13,15H,2-10,14H2,1H3. The molecule has 1 aliphatic carbocycles. The Morgan fingerprint density at radius 1 is 1.24 bits per heavy atom. The summed E-state index contributed by atoms with van der Waals surface area (Å²) in [6, 6.07) is 0.329. The Labute approximate surface area is 105 Å². The second-order valence-electron chi connectivity index (χ2n) is 5.62. The van der Waals surface area contributed by atoms with Gasteiger partial charge < -0.3 is 9.64 Å². The van der Waals surface area contributed by atoms with E-state index in [1.165, 1.54) is 38.5 Å². The highest BCUT2D eigenvalue weighted by molar-refractivity contribution is 4.87. The predicted octanol–water partition coefficient (Wildman–Crippen LogP) is 1.12. The minimum atomic E-state index is 0.266. The number of morpholine rings is 1. The highest BCUT2D eigenvalue weighted by Crippen LogP contribution is 2.28. The number of nitrogens with one attached hydrogen (secondary N) is 1. The van der Waals surface area contributed by atoms with Crippen LogP contribution in [-0.2, 0) is 4.74 Å². The summed E-state index contributed by atoms with van der Waals surface area (Å²) in [6.45, 7) is 2.88. The second kappa shape index (κ2) is 6.69. The molecular weight excluding hydrogens is 214 g/mol. The van der Waals surface area contributed by atoms with Crippen LogP contribution in [0.4, 0.5) is 0 Å². The molecule has 2 atom stereocenters. The van der Waals surface area contributed by atoms with Crippen molar-refractivity contribution in [3.8, 4) is 0 Å². The van der Waals surface area contributed by atoms with Gasteiger partial charge in [0.1, 0.15) is 0 Å². The van der Waals surface area contributed by atoms with Gasteiger partial charge in [-0.1, -0.05) is 25.7 Å². The first-order valence-electron chi connectivity index (χ1n) is 7.07. The molecule has 17 heavy (non-hydrogen) atoms. The highest BCUT2D eigenvalue weighted by atomic mass is 16.5. The Kier molecular flexibility index (Phi) is 5.22. The predicted molar refractivity (Wildman–Crippen MR) is 69.5 cm³/mol. The summed E-state index contributed by atoms with van der Waals surface area (Å²) in [5, 5.41) is 0. The summed E-state index contributed by atoms with van der Waals surface area (Å²) in [7, 11) is 2.16. The van der Waals surface area contributed by atoms with Crippen LogP contribution in [0.25, 0.3) is 0 Å². The van der Waals surface area contributed by atoms with Crippen molar-refractivity contribution >= 4 is 0 Å². The normalized spacial score (nSPS) is 31.1. The first kappa shape index (κ1) is 13.3. The first-order chi connectivity index (χ1) is 8.31. The number of hydrogen-bond acceptors (Lipinski definition) is 4. The van der Waals surface area contributed by atoms with Crippen LogP contribution in [0.15, 0.2) is 0 Å². The lowest BCUT2D eigenvalue weighted by atomic mass is 9.88. The summed E-state index contributed by atoms with van der Waals surface area (Å²) in [4.78, 5) is 2.34. The van der Waals surface area contributed by atoms with Gasteiger partial charge in [-0.15, -0.1) is 0 Å². The Morgan fingerprint density at radius 3 is 2.53 bits per heavy atom. The molecule has 1 aliphatic heterocycles. The molecule has 2 rings (SSSR count). The zero-order valence-corrected chi connectivity index (χ0v) is 11.0. The molecule has 1 saturated carbocycles. The van der Waals surface area contributed by atoms with Crippen LogP contribution in [0.3, 0.4) is 0 Å². The molecule has 2 aliphatic rings. The van der Waals surface area contributed by atoms with Crippen molar-refractivity contribution in [3.05, 3.63) is 0 Å². The molecule has 2 fully saturated rings. The molecule has 1 heterocycles. The van der Waals surface area contributed by atoms with Crippen LogP contribution in [0, 0.1) is 5.92 Å². The van der Waals surface area contributed by atoms with Gasteiger partial charge >= 0.3 is 0 Å². The van der Waals surface area contributed by atoms with E-state index in [-0.39, 0.29) is 6.10 Å². The number of hydrogen-bond donors (Lipinski definition) is 2. The van der Waals surface area contributed by atoms with E-state index < -0.39 is 0 Å². The molecule has 0 amide bonds. The maximum atomic E-state index is 5.91. The average Bonchev–Trinajstić information content (AvgIpc) is 2.59. The molecular formula is C13H27N3O. The van der Waals surface area contributed by atoms with E-state index in [0.29, 0.717) is 12.0 Å². The van der Waals surface area contributed by atoms with Gasteiger partial charge in [0.2, 0.25) is 0 Å². The summed E-state index contributed by atoms with van der Waals surface area (Å²) in [5.74, 6) is 6.48. The van der Waals surface area contributed by atoms with Gasteiger partial charge in [0, 0.05) is 13.1 Å². The Hall–Kier alpha value is -0.160. The lowest BCUT2D eigenvalue weighted by molar-refractivity contribution is -0.0506. The Morgan fingerprint density at radius 2 is 1.94 bits per heavy atom. The first-order valence-corrected chi connectivity index (χ1v) is 7.07. The maximum absolute atomic E-state index is 5.91. The van der Waals surface area contributed by atoms with Gasteiger partial charge in [-0.2, -0.15) is 0 Å². The van der Waals surface area contributed by atoms with Gasteiger partial charge in [-0.3, -0.25) is 11.3 Å². The van der Waals surface area contributed by atoms with Crippen molar-refractivity contribution < 1.29 is 4.74 Å². The number of ether oxygens (including phenoxy) is 1. The van der Waals surface area contributed by atoms with Gasteiger partial charge in [0.15, 0.2) is 0 Å².